The molecule has 19 heavy (non-hydrogen) atoms. The monoisotopic (exact) mass is 300 g/mol. The number of hydrogen-bond acceptors (Lipinski definition) is 4. The van der Waals surface area contributed by atoms with Crippen molar-refractivity contribution in [3.63, 3.8) is 0 Å². The van der Waals surface area contributed by atoms with Gasteiger partial charge in [0.1, 0.15) is 0 Å². The van der Waals surface area contributed by atoms with E-state index in [2.05, 4.69) is 10.1 Å². The van der Waals surface area contributed by atoms with Crippen molar-refractivity contribution in [1.82, 2.24) is 10.1 Å². The second-order valence-electron chi connectivity index (χ2n) is 3.86. The van der Waals surface area contributed by atoms with Gasteiger partial charge in [-0.05, 0) is 18.6 Å². The Hall–Kier alpha value is -1.59. The zero-order valence-corrected chi connectivity index (χ0v) is 11.3. The summed E-state index contributed by atoms with van der Waals surface area (Å²) in [5.41, 5.74) is 0.513. The van der Waals surface area contributed by atoms with E-state index < -0.39 is 5.97 Å². The SMILES string of the molecule is O=C(O)CCCc1nc(-c2c(Cl)cccc2Cl)no1. The van der Waals surface area contributed by atoms with Gasteiger partial charge in [-0.25, -0.2) is 0 Å². The van der Waals surface area contributed by atoms with Gasteiger partial charge in [0.25, 0.3) is 0 Å². The summed E-state index contributed by atoms with van der Waals surface area (Å²) in [6.45, 7) is 0. The molecule has 0 radical (unpaired) electrons. The van der Waals surface area contributed by atoms with E-state index in [4.69, 9.17) is 32.8 Å². The maximum Gasteiger partial charge on any atom is 0.303 e. The van der Waals surface area contributed by atoms with Gasteiger partial charge in [-0.3, -0.25) is 4.79 Å². The summed E-state index contributed by atoms with van der Waals surface area (Å²) in [4.78, 5) is 14.6. The van der Waals surface area contributed by atoms with Gasteiger partial charge in [0, 0.05) is 12.8 Å². The van der Waals surface area contributed by atoms with Crippen LogP contribution in [0.25, 0.3) is 11.4 Å². The molecular formula is C12H10Cl2N2O3. The molecule has 1 aromatic heterocycles. The van der Waals surface area contributed by atoms with E-state index in [1.165, 1.54) is 0 Å². The van der Waals surface area contributed by atoms with Crippen LogP contribution in [0.15, 0.2) is 22.7 Å². The van der Waals surface area contributed by atoms with Gasteiger partial charge >= 0.3 is 5.97 Å². The fourth-order valence-electron chi connectivity index (χ4n) is 1.56. The third-order valence-corrected chi connectivity index (χ3v) is 3.07. The van der Waals surface area contributed by atoms with Crippen molar-refractivity contribution in [3.8, 4) is 11.4 Å². The van der Waals surface area contributed by atoms with E-state index in [1.807, 2.05) is 0 Å². The zero-order chi connectivity index (χ0) is 13.8. The minimum absolute atomic E-state index is 0.0601. The number of carboxylic acids is 1. The number of carbonyl (C=O) groups is 1. The molecule has 0 amide bonds. The smallest absolute Gasteiger partial charge is 0.303 e. The van der Waals surface area contributed by atoms with Crippen LogP contribution in [0.3, 0.4) is 0 Å². The molecule has 1 N–H and O–H groups in total. The predicted octanol–water partition coefficient (Wildman–Crippen LogP) is 3.45. The predicted molar refractivity (Wildman–Crippen MR) is 70.3 cm³/mol. The van der Waals surface area contributed by atoms with Gasteiger partial charge in [-0.15, -0.1) is 0 Å². The van der Waals surface area contributed by atoms with Crippen molar-refractivity contribution < 1.29 is 14.4 Å². The highest BCUT2D eigenvalue weighted by Crippen LogP contribution is 2.32. The van der Waals surface area contributed by atoms with E-state index in [0.29, 0.717) is 40.2 Å². The maximum atomic E-state index is 10.4. The second-order valence-corrected chi connectivity index (χ2v) is 4.67. The molecular weight excluding hydrogens is 291 g/mol. The Morgan fingerprint density at radius 1 is 1.32 bits per heavy atom. The number of aliphatic carboxylic acids is 1. The second kappa shape index (κ2) is 6.04. The van der Waals surface area contributed by atoms with Crippen molar-refractivity contribution in [2.45, 2.75) is 19.3 Å². The Morgan fingerprint density at radius 3 is 2.63 bits per heavy atom. The first-order chi connectivity index (χ1) is 9.08. The summed E-state index contributed by atoms with van der Waals surface area (Å²) < 4.78 is 5.04. The minimum atomic E-state index is -0.853. The van der Waals surface area contributed by atoms with Crippen LogP contribution >= 0.6 is 23.2 Å². The van der Waals surface area contributed by atoms with Crippen LogP contribution in [0.4, 0.5) is 0 Å². The number of halogens is 2. The van der Waals surface area contributed by atoms with E-state index in [9.17, 15) is 4.79 Å². The average molecular weight is 301 g/mol. The van der Waals surface area contributed by atoms with Gasteiger partial charge in [0.15, 0.2) is 0 Å². The zero-order valence-electron chi connectivity index (χ0n) is 9.77. The molecule has 1 aromatic carbocycles. The molecule has 0 atom stereocenters. The molecule has 2 aromatic rings. The van der Waals surface area contributed by atoms with Crippen LogP contribution < -0.4 is 0 Å². The highest BCUT2D eigenvalue weighted by Gasteiger charge is 2.15. The lowest BCUT2D eigenvalue weighted by Gasteiger charge is -2.00. The molecule has 0 spiro atoms. The third-order valence-electron chi connectivity index (χ3n) is 2.44. The number of rotatable bonds is 5. The van der Waals surface area contributed by atoms with Crippen LogP contribution in [-0.2, 0) is 11.2 Å². The molecule has 0 unspecified atom stereocenters. The normalized spacial score (nSPS) is 10.6. The largest absolute Gasteiger partial charge is 0.481 e. The molecule has 0 aliphatic rings. The van der Waals surface area contributed by atoms with Crippen molar-refractivity contribution >= 4 is 29.2 Å². The first-order valence-electron chi connectivity index (χ1n) is 5.56. The van der Waals surface area contributed by atoms with Crippen LogP contribution in [0.1, 0.15) is 18.7 Å². The van der Waals surface area contributed by atoms with Gasteiger partial charge in [-0.1, -0.05) is 34.4 Å². The maximum absolute atomic E-state index is 10.4. The number of nitrogens with zero attached hydrogens (tertiary/aromatic N) is 2. The van der Waals surface area contributed by atoms with E-state index in [-0.39, 0.29) is 6.42 Å². The van der Waals surface area contributed by atoms with Crippen LogP contribution in [-0.4, -0.2) is 21.2 Å². The van der Waals surface area contributed by atoms with Crippen molar-refractivity contribution in [1.29, 1.82) is 0 Å². The molecule has 5 nitrogen and oxygen atoms in total. The van der Waals surface area contributed by atoms with E-state index in [1.54, 1.807) is 18.2 Å². The summed E-state index contributed by atoms with van der Waals surface area (Å²) in [6, 6.07) is 5.09. The van der Waals surface area contributed by atoms with Gasteiger partial charge in [-0.2, -0.15) is 4.98 Å². The number of benzene rings is 1. The topological polar surface area (TPSA) is 76.2 Å². The lowest BCUT2D eigenvalue weighted by molar-refractivity contribution is -0.137. The molecule has 0 aliphatic heterocycles. The molecule has 0 fully saturated rings. The Morgan fingerprint density at radius 2 is 2.00 bits per heavy atom. The highest BCUT2D eigenvalue weighted by atomic mass is 35.5. The van der Waals surface area contributed by atoms with E-state index >= 15 is 0 Å². The molecule has 2 rings (SSSR count). The minimum Gasteiger partial charge on any atom is -0.481 e. The molecule has 1 heterocycles. The molecule has 7 heteroatoms. The fourth-order valence-corrected chi connectivity index (χ4v) is 2.13. The average Bonchev–Trinajstić information content (AvgIpc) is 2.77. The van der Waals surface area contributed by atoms with Crippen LogP contribution in [0.2, 0.25) is 10.0 Å². The molecule has 0 aliphatic carbocycles. The number of aromatic nitrogens is 2. The standard InChI is InChI=1S/C12H10Cl2N2O3/c13-7-3-1-4-8(14)11(7)12-15-9(19-16-12)5-2-6-10(17)18/h1,3-4H,2,5-6H2,(H,17,18). The number of hydrogen-bond donors (Lipinski definition) is 1. The van der Waals surface area contributed by atoms with Crippen molar-refractivity contribution in [2.75, 3.05) is 0 Å². The summed E-state index contributed by atoms with van der Waals surface area (Å²) in [5.74, 6) is -0.179. The fraction of sp³-hybridized carbons (Fsp3) is 0.250. The van der Waals surface area contributed by atoms with Crippen LogP contribution in [0.5, 0.6) is 0 Å². The number of aryl methyl sites for hydroxylation is 1. The Labute approximate surface area is 119 Å². The van der Waals surface area contributed by atoms with Gasteiger partial charge in [0.2, 0.25) is 11.7 Å². The summed E-state index contributed by atoms with van der Waals surface area (Å²) >= 11 is 12.1. The quantitative estimate of drug-likeness (QED) is 0.915. The lowest BCUT2D eigenvalue weighted by Crippen LogP contribution is -1.96. The first-order valence-corrected chi connectivity index (χ1v) is 6.32. The molecule has 0 saturated carbocycles. The molecule has 0 bridgehead atoms. The molecule has 100 valence electrons. The first kappa shape index (κ1) is 13.8. The number of carboxylic acid groups (broad SMARTS) is 1. The summed E-state index contributed by atoms with van der Waals surface area (Å²) in [7, 11) is 0. The Balaban J connectivity index is 2.15. The summed E-state index contributed by atoms with van der Waals surface area (Å²) in [5, 5.41) is 13.2. The van der Waals surface area contributed by atoms with E-state index in [0.717, 1.165) is 0 Å². The van der Waals surface area contributed by atoms with Crippen molar-refractivity contribution in [2.24, 2.45) is 0 Å². The van der Waals surface area contributed by atoms with Crippen molar-refractivity contribution in [3.05, 3.63) is 34.1 Å². The van der Waals surface area contributed by atoms with Gasteiger partial charge in [0.05, 0.1) is 15.6 Å². The van der Waals surface area contributed by atoms with Crippen LogP contribution in [0, 0.1) is 0 Å². The Kier molecular flexibility index (Phi) is 4.39. The third kappa shape index (κ3) is 3.45. The lowest BCUT2D eigenvalue weighted by atomic mass is 10.2. The highest BCUT2D eigenvalue weighted by molar-refractivity contribution is 6.38. The summed E-state index contributed by atoms with van der Waals surface area (Å²) in [6.07, 6.45) is 0.902. The molecule has 0 saturated heterocycles. The van der Waals surface area contributed by atoms with Gasteiger partial charge < -0.3 is 9.63 Å². The Bertz CT molecular complexity index is 578.